The number of hydrogen-bond acceptors (Lipinski definition) is 7. The lowest BCUT2D eigenvalue weighted by Crippen LogP contribution is -2.52. The van der Waals surface area contributed by atoms with Gasteiger partial charge in [-0.3, -0.25) is 4.90 Å². The lowest BCUT2D eigenvalue weighted by molar-refractivity contribution is -0.116. The van der Waals surface area contributed by atoms with E-state index in [-0.39, 0.29) is 24.7 Å². The van der Waals surface area contributed by atoms with Gasteiger partial charge in [0.1, 0.15) is 11.7 Å². The molecule has 0 unspecified atom stereocenters. The van der Waals surface area contributed by atoms with Gasteiger partial charge in [0.05, 0.1) is 30.9 Å². The Hall–Kier alpha value is -1.41. The number of nitrogens with zero attached hydrogens (tertiary/aromatic N) is 2. The van der Waals surface area contributed by atoms with Crippen molar-refractivity contribution in [3.8, 4) is 5.88 Å². The van der Waals surface area contributed by atoms with E-state index in [9.17, 15) is 10.2 Å². The molecule has 4 rings (SSSR count). The Bertz CT molecular complexity index is 685. The van der Waals surface area contributed by atoms with Crippen LogP contribution in [0.1, 0.15) is 49.7 Å². The summed E-state index contributed by atoms with van der Waals surface area (Å²) in [7, 11) is 3.96. The molecule has 2 bridgehead atoms. The molecule has 1 fully saturated rings. The van der Waals surface area contributed by atoms with E-state index < -0.39 is 11.7 Å². The molecule has 1 aromatic heterocycles. The molecule has 5 atom stereocenters. The second-order valence-corrected chi connectivity index (χ2v) is 7.42. The average molecular weight is 350 g/mol. The highest BCUT2D eigenvalue weighted by molar-refractivity contribution is 5.47. The van der Waals surface area contributed by atoms with Gasteiger partial charge in [-0.15, -0.1) is 0 Å². The van der Waals surface area contributed by atoms with Gasteiger partial charge in [0, 0.05) is 5.92 Å². The fourth-order valence-electron chi connectivity index (χ4n) is 4.73. The van der Waals surface area contributed by atoms with Gasteiger partial charge in [-0.1, -0.05) is 19.4 Å². The van der Waals surface area contributed by atoms with Crippen molar-refractivity contribution in [3.05, 3.63) is 23.0 Å². The summed E-state index contributed by atoms with van der Waals surface area (Å²) in [6.45, 7) is 2.49. The molecule has 0 aromatic carbocycles. The molecule has 1 saturated heterocycles. The second-order valence-electron chi connectivity index (χ2n) is 7.42. The zero-order chi connectivity index (χ0) is 17.8. The normalized spacial score (nSPS) is 35.7. The zero-order valence-electron chi connectivity index (χ0n) is 14.9. The van der Waals surface area contributed by atoms with E-state index in [1.165, 1.54) is 0 Å². The van der Waals surface area contributed by atoms with Gasteiger partial charge < -0.3 is 24.2 Å². The summed E-state index contributed by atoms with van der Waals surface area (Å²) in [5.41, 5.74) is 0.392. The van der Waals surface area contributed by atoms with Gasteiger partial charge >= 0.3 is 0 Å². The minimum atomic E-state index is -0.961. The monoisotopic (exact) mass is 350 g/mol. The van der Waals surface area contributed by atoms with E-state index >= 15 is 0 Å². The molecule has 2 N–H and O–H groups in total. The van der Waals surface area contributed by atoms with Crippen molar-refractivity contribution in [2.75, 3.05) is 27.3 Å². The smallest absolute Gasteiger partial charge is 0.260 e. The first kappa shape index (κ1) is 17.0. The van der Waals surface area contributed by atoms with Crippen molar-refractivity contribution in [2.24, 2.45) is 5.92 Å². The largest absolute Gasteiger partial charge is 0.475 e. The molecule has 0 radical (unpaired) electrons. The lowest BCUT2D eigenvalue weighted by atomic mass is 9.64. The first-order valence-electron chi connectivity index (χ1n) is 9.01. The summed E-state index contributed by atoms with van der Waals surface area (Å²) in [5.74, 6) is 0.985. The molecule has 7 nitrogen and oxygen atoms in total. The maximum absolute atomic E-state index is 11.3. The molecule has 7 heteroatoms. The zero-order valence-corrected chi connectivity index (χ0v) is 14.9. The molecule has 138 valence electrons. The molecule has 1 aliphatic carbocycles. The van der Waals surface area contributed by atoms with Crippen molar-refractivity contribution >= 4 is 0 Å². The number of rotatable bonds is 6. The highest BCUT2D eigenvalue weighted by atomic mass is 16.6. The number of aromatic nitrogens is 1. The van der Waals surface area contributed by atoms with Crippen LogP contribution < -0.4 is 4.74 Å². The average Bonchev–Trinajstić information content (AvgIpc) is 3.26. The topological polar surface area (TPSA) is 88.2 Å². The van der Waals surface area contributed by atoms with Gasteiger partial charge in [0.25, 0.3) is 5.88 Å². The Morgan fingerprint density at radius 2 is 2.24 bits per heavy atom. The molecular formula is C18H26N2O5. The van der Waals surface area contributed by atoms with Crippen LogP contribution in [0.25, 0.3) is 0 Å². The molecule has 3 aliphatic rings. The highest BCUT2D eigenvalue weighted by Crippen LogP contribution is 2.63. The van der Waals surface area contributed by atoms with E-state index in [0.29, 0.717) is 23.8 Å². The fraction of sp³-hybridized carbons (Fsp3) is 0.722. The first-order chi connectivity index (χ1) is 12.0. The van der Waals surface area contributed by atoms with Gasteiger partial charge in [-0.2, -0.15) is 0 Å². The number of fused-ring (bicyclic) bond motifs is 2. The Balaban J connectivity index is 1.80. The van der Waals surface area contributed by atoms with Crippen molar-refractivity contribution < 1.29 is 24.2 Å². The predicted octanol–water partition coefficient (Wildman–Crippen LogP) is 1.58. The van der Waals surface area contributed by atoms with Crippen LogP contribution >= 0.6 is 0 Å². The molecule has 25 heavy (non-hydrogen) atoms. The summed E-state index contributed by atoms with van der Waals surface area (Å²) in [5, 5.41) is 25.2. The third-order valence-corrected chi connectivity index (χ3v) is 5.79. The van der Waals surface area contributed by atoms with Crippen LogP contribution in [0.15, 0.2) is 16.2 Å². The summed E-state index contributed by atoms with van der Waals surface area (Å²) < 4.78 is 17.6. The van der Waals surface area contributed by atoms with E-state index in [2.05, 4.69) is 17.0 Å². The Morgan fingerprint density at radius 3 is 2.92 bits per heavy atom. The Kier molecular flexibility index (Phi) is 4.15. The molecular weight excluding hydrogens is 324 g/mol. The predicted molar refractivity (Wildman–Crippen MR) is 89.2 cm³/mol. The fourth-order valence-corrected chi connectivity index (χ4v) is 4.73. The highest BCUT2D eigenvalue weighted by Gasteiger charge is 2.66. The molecule has 0 saturated carbocycles. The van der Waals surface area contributed by atoms with Crippen LogP contribution in [0.2, 0.25) is 0 Å². The maximum Gasteiger partial charge on any atom is 0.260 e. The van der Waals surface area contributed by atoms with Gasteiger partial charge in [0.15, 0.2) is 5.76 Å². The minimum Gasteiger partial charge on any atom is -0.475 e. The molecule has 1 aromatic rings. The second kappa shape index (κ2) is 6.09. The van der Waals surface area contributed by atoms with E-state index in [1.54, 1.807) is 0 Å². The molecule has 3 heterocycles. The van der Waals surface area contributed by atoms with Crippen LogP contribution in [-0.4, -0.2) is 59.3 Å². The summed E-state index contributed by atoms with van der Waals surface area (Å²) in [6.07, 6.45) is 3.61. The van der Waals surface area contributed by atoms with E-state index in [0.717, 1.165) is 24.8 Å². The van der Waals surface area contributed by atoms with Crippen molar-refractivity contribution in [3.63, 3.8) is 0 Å². The maximum atomic E-state index is 11.3. The van der Waals surface area contributed by atoms with E-state index in [4.69, 9.17) is 14.0 Å². The summed E-state index contributed by atoms with van der Waals surface area (Å²) in [6, 6.07) is -0.0883. The Labute approximate surface area is 147 Å². The Morgan fingerprint density at radius 1 is 1.44 bits per heavy atom. The summed E-state index contributed by atoms with van der Waals surface area (Å²) >= 11 is 0. The third-order valence-electron chi connectivity index (χ3n) is 5.79. The molecule has 0 amide bonds. The van der Waals surface area contributed by atoms with Crippen LogP contribution in [0.3, 0.4) is 0 Å². The number of aliphatic hydroxyl groups is 2. The number of unbranched alkanes of at least 4 members (excludes halogenated alkanes) is 1. The quantitative estimate of drug-likeness (QED) is 0.595. The standard InChI is InChI=1S/C18H26N2O5/c1-4-5-6-23-17-13-15(25-19-17)14(20(2)3)12-8-11-7-10(9-21)18(12,24-11)16(13)22/h7,11-12,14,16,21-22H,4-6,8-9H2,1-3H3/t11-,12-,14-,16+,18+/m0/s1. The van der Waals surface area contributed by atoms with Crippen LogP contribution in [0, 0.1) is 5.92 Å². The van der Waals surface area contributed by atoms with Crippen molar-refractivity contribution in [1.82, 2.24) is 10.1 Å². The van der Waals surface area contributed by atoms with Crippen LogP contribution in [0.5, 0.6) is 5.88 Å². The first-order valence-corrected chi connectivity index (χ1v) is 9.01. The number of hydrogen-bond donors (Lipinski definition) is 2. The molecule has 2 aliphatic heterocycles. The van der Waals surface area contributed by atoms with Crippen LogP contribution in [-0.2, 0) is 4.74 Å². The molecule has 1 spiro atoms. The number of aliphatic hydroxyl groups excluding tert-OH is 2. The summed E-state index contributed by atoms with van der Waals surface area (Å²) in [4.78, 5) is 2.07. The van der Waals surface area contributed by atoms with Crippen LogP contribution in [0.4, 0.5) is 0 Å². The minimum absolute atomic E-state index is 0.00130. The van der Waals surface area contributed by atoms with Crippen molar-refractivity contribution in [2.45, 2.75) is 50.0 Å². The van der Waals surface area contributed by atoms with Crippen molar-refractivity contribution in [1.29, 1.82) is 0 Å². The van der Waals surface area contributed by atoms with Gasteiger partial charge in [-0.25, -0.2) is 0 Å². The number of ether oxygens (including phenoxy) is 2. The van der Waals surface area contributed by atoms with E-state index in [1.807, 2.05) is 20.2 Å². The SMILES string of the molecule is CCCCOc1noc2c1[C@@H](O)[C@@]13O[C@@H](C=C1CO)C[C@H]3[C@@H]2N(C)C. The third kappa shape index (κ3) is 2.23. The lowest BCUT2D eigenvalue weighted by Gasteiger charge is -2.46. The van der Waals surface area contributed by atoms with Gasteiger partial charge in [0.2, 0.25) is 0 Å². The van der Waals surface area contributed by atoms with Gasteiger partial charge in [-0.05, 0) is 37.7 Å².